The van der Waals surface area contributed by atoms with Gasteiger partial charge in [0, 0.05) is 37.1 Å². The molecule has 1 aromatic carbocycles. The van der Waals surface area contributed by atoms with Gasteiger partial charge in [-0.2, -0.15) is 13.2 Å². The summed E-state index contributed by atoms with van der Waals surface area (Å²) in [6.45, 7) is 4.22. The Balaban J connectivity index is 1.81. The molecule has 0 bridgehead atoms. The van der Waals surface area contributed by atoms with E-state index in [1.165, 1.54) is 17.0 Å². The smallest absolute Gasteiger partial charge is 0.334 e. The van der Waals surface area contributed by atoms with Crippen molar-refractivity contribution in [3.05, 3.63) is 64.0 Å². The fraction of sp³-hybridized carbons (Fsp3) is 0.429. The molecular weight excluding hydrogens is 431 g/mol. The quantitative estimate of drug-likeness (QED) is 0.724. The molecule has 0 aliphatic carbocycles. The van der Waals surface area contributed by atoms with Crippen LogP contribution in [0.2, 0.25) is 0 Å². The van der Waals surface area contributed by atoms with Gasteiger partial charge in [-0.3, -0.25) is 9.78 Å². The highest BCUT2D eigenvalue weighted by Gasteiger charge is 2.32. The Hall–Kier alpha value is -2.46. The number of hydrogen-bond acceptors (Lipinski definition) is 4. The van der Waals surface area contributed by atoms with E-state index in [4.69, 9.17) is 0 Å². The van der Waals surface area contributed by atoms with E-state index in [-0.39, 0.29) is 24.4 Å². The summed E-state index contributed by atoms with van der Waals surface area (Å²) in [5, 5.41) is 0. The van der Waals surface area contributed by atoms with E-state index < -0.39 is 27.7 Å². The molecule has 0 fully saturated rings. The molecule has 168 valence electrons. The molecule has 1 aliphatic rings. The molecule has 0 saturated carbocycles. The molecule has 31 heavy (non-hydrogen) atoms. The fourth-order valence-corrected chi connectivity index (χ4v) is 4.71. The van der Waals surface area contributed by atoms with Crippen molar-refractivity contribution in [2.75, 3.05) is 12.3 Å². The molecular formula is C21H24F3N3O3S. The van der Waals surface area contributed by atoms with Gasteiger partial charge in [0.1, 0.15) is 0 Å². The number of alkyl halides is 3. The molecule has 0 spiro atoms. The molecule has 1 aromatic heterocycles. The zero-order valence-electron chi connectivity index (χ0n) is 17.3. The van der Waals surface area contributed by atoms with E-state index in [0.29, 0.717) is 25.1 Å². The molecule has 10 heteroatoms. The van der Waals surface area contributed by atoms with Gasteiger partial charge in [-0.15, -0.1) is 0 Å². The van der Waals surface area contributed by atoms with E-state index >= 15 is 0 Å². The second-order valence-corrected chi connectivity index (χ2v) is 9.45. The lowest BCUT2D eigenvalue weighted by atomic mass is 9.94. The predicted molar refractivity (Wildman–Crippen MR) is 110 cm³/mol. The maximum atomic E-state index is 13.0. The molecule has 1 amide bonds. The van der Waals surface area contributed by atoms with Crippen LogP contribution < -0.4 is 4.72 Å². The van der Waals surface area contributed by atoms with Gasteiger partial charge < -0.3 is 4.90 Å². The van der Waals surface area contributed by atoms with E-state index in [0.717, 1.165) is 28.8 Å². The minimum absolute atomic E-state index is 0.0223. The lowest BCUT2D eigenvalue weighted by Gasteiger charge is -2.30. The van der Waals surface area contributed by atoms with Crippen LogP contribution in [0.5, 0.6) is 0 Å². The van der Waals surface area contributed by atoms with Crippen LogP contribution in [0.1, 0.15) is 51.7 Å². The van der Waals surface area contributed by atoms with E-state index in [1.54, 1.807) is 20.0 Å². The maximum absolute atomic E-state index is 13.0. The first kappa shape index (κ1) is 23.2. The summed E-state index contributed by atoms with van der Waals surface area (Å²) in [4.78, 5) is 18.6. The Kier molecular flexibility index (Phi) is 6.70. The largest absolute Gasteiger partial charge is 0.416 e. The third kappa shape index (κ3) is 5.43. The lowest BCUT2D eigenvalue weighted by molar-refractivity contribution is -0.137. The van der Waals surface area contributed by atoms with Crippen LogP contribution in [0.25, 0.3) is 0 Å². The molecule has 6 nitrogen and oxygen atoms in total. The molecule has 3 rings (SSSR count). The fourth-order valence-electron chi connectivity index (χ4n) is 3.66. The Morgan fingerprint density at radius 3 is 2.71 bits per heavy atom. The summed E-state index contributed by atoms with van der Waals surface area (Å²) in [6, 6.07) is 4.38. The molecule has 0 radical (unpaired) electrons. The van der Waals surface area contributed by atoms with Gasteiger partial charge in [0.15, 0.2) is 0 Å². The number of nitrogens with zero attached hydrogens (tertiary/aromatic N) is 2. The Morgan fingerprint density at radius 2 is 2.03 bits per heavy atom. The van der Waals surface area contributed by atoms with Crippen molar-refractivity contribution in [1.82, 2.24) is 14.6 Å². The standard InChI is InChI=1S/C21H24F3N3O3S/c1-3-9-31(29,30)26-12-19-14(2)25-11-16-13-27(8-7-18(16)19)20(28)15-5-4-6-17(10-15)21(22,23)24/h4-6,10-11,26H,3,7-9,12-13H2,1-2H3. The number of hydrogen-bond donors (Lipinski definition) is 1. The molecule has 0 atom stereocenters. The number of aryl methyl sites for hydroxylation is 1. The number of nitrogens with one attached hydrogen (secondary N) is 1. The van der Waals surface area contributed by atoms with Crippen LogP contribution >= 0.6 is 0 Å². The summed E-state index contributed by atoms with van der Waals surface area (Å²) in [5.41, 5.74) is 2.29. The first-order chi connectivity index (χ1) is 14.5. The summed E-state index contributed by atoms with van der Waals surface area (Å²) in [7, 11) is -3.38. The number of aromatic nitrogens is 1. The third-order valence-corrected chi connectivity index (χ3v) is 6.79. The number of rotatable bonds is 6. The van der Waals surface area contributed by atoms with Gasteiger partial charge in [0.25, 0.3) is 5.91 Å². The van der Waals surface area contributed by atoms with Crippen molar-refractivity contribution in [3.8, 4) is 0 Å². The van der Waals surface area contributed by atoms with Gasteiger partial charge in [-0.25, -0.2) is 13.1 Å². The summed E-state index contributed by atoms with van der Waals surface area (Å²) in [6.07, 6.45) is -1.91. The number of amides is 1. The van der Waals surface area contributed by atoms with Gasteiger partial charge in [-0.1, -0.05) is 13.0 Å². The molecule has 2 heterocycles. The topological polar surface area (TPSA) is 79.4 Å². The summed E-state index contributed by atoms with van der Waals surface area (Å²) >= 11 is 0. The normalized spacial score (nSPS) is 14.4. The number of fused-ring (bicyclic) bond motifs is 1. The first-order valence-corrected chi connectivity index (χ1v) is 11.6. The monoisotopic (exact) mass is 455 g/mol. The second kappa shape index (κ2) is 8.96. The highest BCUT2D eigenvalue weighted by atomic mass is 32.2. The predicted octanol–water partition coefficient (Wildman–Crippen LogP) is 3.44. The highest BCUT2D eigenvalue weighted by Crippen LogP contribution is 2.30. The molecule has 1 N–H and O–H groups in total. The maximum Gasteiger partial charge on any atom is 0.416 e. The SMILES string of the molecule is CCCS(=O)(=O)NCc1c(C)ncc2c1CCN(C(=O)c1cccc(C(F)(F)F)c1)C2. The molecule has 0 unspecified atom stereocenters. The number of sulfonamides is 1. The van der Waals surface area contributed by atoms with Crippen LogP contribution in [0.4, 0.5) is 13.2 Å². The van der Waals surface area contributed by atoms with Crippen LogP contribution in [0.15, 0.2) is 30.5 Å². The van der Waals surface area contributed by atoms with Gasteiger partial charge in [-0.05, 0) is 54.7 Å². The average Bonchev–Trinajstić information content (AvgIpc) is 2.71. The van der Waals surface area contributed by atoms with Crippen molar-refractivity contribution in [3.63, 3.8) is 0 Å². The van der Waals surface area contributed by atoms with Crippen molar-refractivity contribution in [2.45, 2.75) is 46.0 Å². The van der Waals surface area contributed by atoms with E-state index in [1.807, 2.05) is 0 Å². The number of halogens is 3. The minimum Gasteiger partial charge on any atom is -0.334 e. The number of carbonyl (C=O) groups excluding carboxylic acids is 1. The minimum atomic E-state index is -4.52. The first-order valence-electron chi connectivity index (χ1n) is 9.92. The van der Waals surface area contributed by atoms with Gasteiger partial charge in [0.05, 0.1) is 11.3 Å². The van der Waals surface area contributed by atoms with Crippen molar-refractivity contribution in [2.24, 2.45) is 0 Å². The second-order valence-electron chi connectivity index (χ2n) is 7.52. The van der Waals surface area contributed by atoms with Crippen LogP contribution in [-0.4, -0.2) is 36.5 Å². The summed E-state index contributed by atoms with van der Waals surface area (Å²) in [5.74, 6) is -0.448. The Morgan fingerprint density at radius 1 is 1.29 bits per heavy atom. The number of pyridine rings is 1. The van der Waals surface area contributed by atoms with Crippen LogP contribution in [0.3, 0.4) is 0 Å². The lowest BCUT2D eigenvalue weighted by Crippen LogP contribution is -2.37. The van der Waals surface area contributed by atoms with Gasteiger partial charge >= 0.3 is 6.18 Å². The zero-order chi connectivity index (χ0) is 22.8. The highest BCUT2D eigenvalue weighted by molar-refractivity contribution is 7.89. The van der Waals surface area contributed by atoms with E-state index in [2.05, 4.69) is 9.71 Å². The van der Waals surface area contributed by atoms with Crippen LogP contribution in [-0.2, 0) is 35.7 Å². The van der Waals surface area contributed by atoms with Crippen molar-refractivity contribution in [1.29, 1.82) is 0 Å². The zero-order valence-corrected chi connectivity index (χ0v) is 18.1. The van der Waals surface area contributed by atoms with Crippen molar-refractivity contribution < 1.29 is 26.4 Å². The Labute approximate surface area is 179 Å². The number of carbonyl (C=O) groups is 1. The van der Waals surface area contributed by atoms with Crippen LogP contribution in [0, 0.1) is 6.92 Å². The molecule has 1 aliphatic heterocycles. The summed E-state index contributed by atoms with van der Waals surface area (Å²) < 4.78 is 65.5. The molecule has 0 saturated heterocycles. The van der Waals surface area contributed by atoms with Gasteiger partial charge in [0.2, 0.25) is 10.0 Å². The number of benzene rings is 1. The Bertz CT molecular complexity index is 1090. The molecule has 2 aromatic rings. The third-order valence-electron chi connectivity index (χ3n) is 5.26. The van der Waals surface area contributed by atoms with E-state index in [9.17, 15) is 26.4 Å². The average molecular weight is 456 g/mol. The van der Waals surface area contributed by atoms with Crippen molar-refractivity contribution >= 4 is 15.9 Å².